The average molecular weight is 333 g/mol. The number of nitrogens with zero attached hydrogens (tertiary/aromatic N) is 1. The fourth-order valence-electron chi connectivity index (χ4n) is 2.76. The highest BCUT2D eigenvalue weighted by Gasteiger charge is 2.29. The first-order chi connectivity index (χ1) is 8.61. The third kappa shape index (κ3) is 3.33. The van der Waals surface area contributed by atoms with Gasteiger partial charge >= 0.3 is 0 Å². The molecule has 2 rings (SSSR count). The number of piperidine rings is 1. The minimum absolute atomic E-state index is 0.105. The number of hydrogen-bond acceptors (Lipinski definition) is 4. The van der Waals surface area contributed by atoms with Crippen molar-refractivity contribution in [3.05, 3.63) is 20.8 Å². The molecule has 1 saturated heterocycles. The largest absolute Gasteiger partial charge is 0.396 e. The molecule has 3 nitrogen and oxygen atoms in total. The third-order valence-corrected chi connectivity index (χ3v) is 5.28. The fourth-order valence-corrected chi connectivity index (χ4v) is 4.43. The predicted octanol–water partition coefficient (Wildman–Crippen LogP) is 2.60. The zero-order chi connectivity index (χ0) is 13.1. The summed E-state index contributed by atoms with van der Waals surface area (Å²) < 4.78 is 1.15. The van der Waals surface area contributed by atoms with E-state index in [9.17, 15) is 5.11 Å². The van der Waals surface area contributed by atoms with Crippen molar-refractivity contribution in [1.82, 2.24) is 4.90 Å². The first-order valence-electron chi connectivity index (χ1n) is 6.47. The molecular weight excluding hydrogens is 312 g/mol. The monoisotopic (exact) mass is 332 g/mol. The third-order valence-electron chi connectivity index (χ3n) is 3.59. The molecule has 3 atom stereocenters. The maximum absolute atomic E-state index is 9.34. The lowest BCUT2D eigenvalue weighted by Crippen LogP contribution is -2.45. The van der Waals surface area contributed by atoms with Gasteiger partial charge < -0.3 is 10.8 Å². The van der Waals surface area contributed by atoms with Crippen LogP contribution in [0.3, 0.4) is 0 Å². The van der Waals surface area contributed by atoms with E-state index in [0.717, 1.165) is 29.7 Å². The van der Waals surface area contributed by atoms with Crippen molar-refractivity contribution in [2.45, 2.75) is 31.8 Å². The summed E-state index contributed by atoms with van der Waals surface area (Å²) in [5.41, 5.74) is 6.18. The molecule has 0 spiro atoms. The molecule has 1 aliphatic heterocycles. The molecule has 1 fully saturated rings. The Hall–Kier alpha value is 0.0600. The lowest BCUT2D eigenvalue weighted by Gasteiger charge is -2.39. The topological polar surface area (TPSA) is 49.5 Å². The summed E-state index contributed by atoms with van der Waals surface area (Å²) in [6, 6.07) is 4.62. The SMILES string of the molecule is CC(N)C(c1ccc(Br)s1)N1CCCC(CO)C1. The number of halogens is 1. The molecule has 5 heteroatoms. The van der Waals surface area contributed by atoms with Crippen molar-refractivity contribution in [2.75, 3.05) is 19.7 Å². The molecule has 0 bridgehead atoms. The molecule has 0 aromatic carbocycles. The summed E-state index contributed by atoms with van der Waals surface area (Å²) in [6.45, 7) is 4.40. The van der Waals surface area contributed by atoms with E-state index in [0.29, 0.717) is 5.92 Å². The molecule has 0 amide bonds. The van der Waals surface area contributed by atoms with Gasteiger partial charge in [-0.1, -0.05) is 0 Å². The van der Waals surface area contributed by atoms with E-state index in [1.54, 1.807) is 11.3 Å². The Morgan fingerprint density at radius 2 is 2.39 bits per heavy atom. The Kier molecular flexibility index (Phi) is 5.21. The van der Waals surface area contributed by atoms with Crippen LogP contribution in [0, 0.1) is 5.92 Å². The van der Waals surface area contributed by atoms with Gasteiger partial charge in [0.15, 0.2) is 0 Å². The van der Waals surface area contributed by atoms with Crippen molar-refractivity contribution in [1.29, 1.82) is 0 Å². The summed E-state index contributed by atoms with van der Waals surface area (Å²) in [4.78, 5) is 3.75. The van der Waals surface area contributed by atoms with Crippen molar-refractivity contribution in [3.63, 3.8) is 0 Å². The Morgan fingerprint density at radius 3 is 2.94 bits per heavy atom. The van der Waals surface area contributed by atoms with Crippen LogP contribution in [0.4, 0.5) is 0 Å². The van der Waals surface area contributed by atoms with Crippen LogP contribution in [0.1, 0.15) is 30.7 Å². The minimum atomic E-state index is 0.105. The molecule has 102 valence electrons. The van der Waals surface area contributed by atoms with Crippen molar-refractivity contribution >= 4 is 27.3 Å². The summed E-state index contributed by atoms with van der Waals surface area (Å²) in [6.07, 6.45) is 2.29. The molecule has 0 radical (unpaired) electrons. The number of nitrogens with two attached hydrogens (primary N) is 1. The normalized spacial score (nSPS) is 25.0. The molecule has 0 saturated carbocycles. The van der Waals surface area contributed by atoms with Gasteiger partial charge in [0.2, 0.25) is 0 Å². The van der Waals surface area contributed by atoms with Crippen molar-refractivity contribution in [2.24, 2.45) is 11.7 Å². The Labute approximate surface area is 121 Å². The molecule has 18 heavy (non-hydrogen) atoms. The van der Waals surface area contributed by atoms with Crippen LogP contribution in [0.5, 0.6) is 0 Å². The van der Waals surface area contributed by atoms with Gasteiger partial charge in [-0.3, -0.25) is 4.90 Å². The van der Waals surface area contributed by atoms with Gasteiger partial charge in [-0.2, -0.15) is 0 Å². The van der Waals surface area contributed by atoms with E-state index < -0.39 is 0 Å². The molecule has 1 aliphatic rings. The Balaban J connectivity index is 2.14. The summed E-state index contributed by atoms with van der Waals surface area (Å²) in [5, 5.41) is 9.34. The summed E-state index contributed by atoms with van der Waals surface area (Å²) >= 11 is 5.28. The van der Waals surface area contributed by atoms with Crippen LogP contribution >= 0.6 is 27.3 Å². The maximum Gasteiger partial charge on any atom is 0.0702 e. The van der Waals surface area contributed by atoms with Gasteiger partial charge in [0.05, 0.1) is 9.83 Å². The van der Waals surface area contributed by atoms with Crippen LogP contribution in [-0.4, -0.2) is 35.7 Å². The quantitative estimate of drug-likeness (QED) is 0.890. The van der Waals surface area contributed by atoms with Crippen LogP contribution < -0.4 is 5.73 Å². The van der Waals surface area contributed by atoms with Crippen molar-refractivity contribution in [3.8, 4) is 0 Å². The molecule has 3 N–H and O–H groups in total. The lowest BCUT2D eigenvalue weighted by atomic mass is 9.95. The molecule has 2 heterocycles. The lowest BCUT2D eigenvalue weighted by molar-refractivity contribution is 0.0806. The van der Waals surface area contributed by atoms with Crippen LogP contribution in [0.25, 0.3) is 0 Å². The summed E-state index contributed by atoms with van der Waals surface area (Å²) in [5.74, 6) is 0.406. The van der Waals surface area contributed by atoms with Gasteiger partial charge in [0.25, 0.3) is 0 Å². The molecule has 0 aliphatic carbocycles. The second-order valence-corrected chi connectivity index (χ2v) is 7.63. The Morgan fingerprint density at radius 1 is 1.61 bits per heavy atom. The predicted molar refractivity (Wildman–Crippen MR) is 79.8 cm³/mol. The zero-order valence-electron chi connectivity index (χ0n) is 10.7. The molecular formula is C13H21BrN2OS. The van der Waals surface area contributed by atoms with E-state index in [-0.39, 0.29) is 18.7 Å². The maximum atomic E-state index is 9.34. The van der Waals surface area contributed by atoms with E-state index in [1.165, 1.54) is 4.88 Å². The number of aliphatic hydroxyl groups excluding tert-OH is 1. The Bertz CT molecular complexity index is 383. The van der Waals surface area contributed by atoms with Gasteiger partial charge in [-0.05, 0) is 60.3 Å². The zero-order valence-corrected chi connectivity index (χ0v) is 13.1. The summed E-state index contributed by atoms with van der Waals surface area (Å²) in [7, 11) is 0. The van der Waals surface area contributed by atoms with E-state index in [4.69, 9.17) is 5.73 Å². The highest BCUT2D eigenvalue weighted by Crippen LogP contribution is 2.34. The second-order valence-electron chi connectivity index (χ2n) is 5.13. The van der Waals surface area contributed by atoms with E-state index in [2.05, 4.69) is 39.9 Å². The smallest absolute Gasteiger partial charge is 0.0702 e. The fraction of sp³-hybridized carbons (Fsp3) is 0.692. The van der Waals surface area contributed by atoms with E-state index >= 15 is 0 Å². The first kappa shape index (κ1) is 14.5. The highest BCUT2D eigenvalue weighted by atomic mass is 79.9. The molecule has 1 aromatic heterocycles. The van der Waals surface area contributed by atoms with Crippen LogP contribution in [0.15, 0.2) is 15.9 Å². The van der Waals surface area contributed by atoms with Gasteiger partial charge in [0.1, 0.15) is 0 Å². The number of aliphatic hydroxyl groups is 1. The average Bonchev–Trinajstić information content (AvgIpc) is 2.75. The molecule has 3 unspecified atom stereocenters. The van der Waals surface area contributed by atoms with Crippen LogP contribution in [0.2, 0.25) is 0 Å². The molecule has 1 aromatic rings. The van der Waals surface area contributed by atoms with Gasteiger partial charge in [0, 0.05) is 24.1 Å². The number of likely N-dealkylation sites (tertiary alicyclic amines) is 1. The van der Waals surface area contributed by atoms with Gasteiger partial charge in [-0.15, -0.1) is 11.3 Å². The number of hydrogen-bond donors (Lipinski definition) is 2. The first-order valence-corrected chi connectivity index (χ1v) is 8.08. The second kappa shape index (κ2) is 6.48. The van der Waals surface area contributed by atoms with Crippen molar-refractivity contribution < 1.29 is 5.11 Å². The number of thiophene rings is 1. The number of rotatable bonds is 4. The standard InChI is InChI=1S/C13H21BrN2OS/c1-9(15)13(11-4-5-12(14)18-11)16-6-2-3-10(7-16)8-17/h4-5,9-10,13,17H,2-3,6-8,15H2,1H3. The highest BCUT2D eigenvalue weighted by molar-refractivity contribution is 9.11. The van der Waals surface area contributed by atoms with Gasteiger partial charge in [-0.25, -0.2) is 0 Å². The van der Waals surface area contributed by atoms with Crippen LogP contribution in [-0.2, 0) is 0 Å². The minimum Gasteiger partial charge on any atom is -0.396 e. The van der Waals surface area contributed by atoms with E-state index in [1.807, 2.05) is 0 Å².